The Morgan fingerprint density at radius 3 is 2.00 bits per heavy atom. The minimum atomic E-state index is -2.07. The van der Waals surface area contributed by atoms with Gasteiger partial charge in [0.1, 0.15) is 0 Å². The molecule has 0 aliphatic heterocycles. The molecule has 0 heterocycles. The second kappa shape index (κ2) is 5.13. The van der Waals surface area contributed by atoms with Crippen LogP contribution in [0.5, 0.6) is 0 Å². The van der Waals surface area contributed by atoms with Crippen molar-refractivity contribution < 1.29 is 12.9 Å². The predicted molar refractivity (Wildman–Crippen MR) is 23.5 cm³/mol. The van der Waals surface area contributed by atoms with Gasteiger partial charge in [0.05, 0.1) is 7.11 Å². The average molecular weight is 107 g/mol. The second-order valence-corrected chi connectivity index (χ2v) is 1.15. The lowest BCUT2D eigenvalue weighted by molar-refractivity contribution is 0.379. The maximum Gasteiger partial charge on any atom is 0.301 e. The third-order valence-electron chi connectivity index (χ3n) is 0.143. The molecule has 0 saturated carbocycles. The Kier molecular flexibility index (Phi) is 8.10. The summed E-state index contributed by atoms with van der Waals surface area (Å²) in [5.74, 6) is 0. The third-order valence-corrected chi connectivity index (χ3v) is 0.428. The van der Waals surface area contributed by atoms with Gasteiger partial charge in [-0.1, -0.05) is 0 Å². The van der Waals surface area contributed by atoms with Gasteiger partial charge in [-0.3, -0.25) is 8.74 Å². The highest BCUT2D eigenvalue weighted by Gasteiger charge is 1.75. The first-order chi connectivity index (χ1) is 2.27. The number of rotatable bonds is 1. The van der Waals surface area contributed by atoms with Gasteiger partial charge in [-0.2, -0.15) is 4.21 Å². The molecule has 0 rings (SSSR count). The van der Waals surface area contributed by atoms with Crippen molar-refractivity contribution in [2.45, 2.75) is 0 Å². The van der Waals surface area contributed by atoms with Crippen LogP contribution in [0.3, 0.4) is 0 Å². The molecule has 35 valence electrons. The zero-order valence-electron chi connectivity index (χ0n) is 3.25. The molecule has 6 heavy (non-hydrogen) atoms. The van der Waals surface area contributed by atoms with Crippen molar-refractivity contribution in [1.29, 1.82) is 0 Å². The molecule has 0 aromatic heterocycles. The van der Waals surface area contributed by atoms with Crippen molar-refractivity contribution in [3.05, 3.63) is 0 Å². The highest BCUT2D eigenvalue weighted by molar-refractivity contribution is 7.74. The summed E-state index contributed by atoms with van der Waals surface area (Å²) in [6.07, 6.45) is 0. The molecule has 0 spiro atoms. The molecule has 0 aromatic carbocycles. The highest BCUT2D eigenvalue weighted by atomic mass is 32.2. The van der Waals surface area contributed by atoms with Crippen LogP contribution >= 0.6 is 0 Å². The van der Waals surface area contributed by atoms with Crippen molar-refractivity contribution in [1.82, 2.24) is 0 Å². The second-order valence-electron chi connectivity index (χ2n) is 0.384. The first-order valence-corrected chi connectivity index (χ1v) is 1.96. The van der Waals surface area contributed by atoms with Gasteiger partial charge in [0, 0.05) is 8.41 Å². The molecule has 1 unspecified atom stereocenters. The van der Waals surface area contributed by atoms with Crippen LogP contribution < -0.4 is 0 Å². The van der Waals surface area contributed by atoms with Crippen LogP contribution in [-0.4, -0.2) is 24.3 Å². The van der Waals surface area contributed by atoms with Crippen molar-refractivity contribution in [3.63, 3.8) is 0 Å². The lowest BCUT2D eigenvalue weighted by Crippen LogP contribution is -1.84. The van der Waals surface area contributed by atoms with E-state index in [2.05, 4.69) is 4.18 Å². The van der Waals surface area contributed by atoms with E-state index in [9.17, 15) is 4.21 Å². The summed E-state index contributed by atoms with van der Waals surface area (Å²) in [5.41, 5.74) is 0. The highest BCUT2D eigenvalue weighted by Crippen LogP contribution is 1.64. The Labute approximate surface area is 40.8 Å². The molecule has 0 aliphatic rings. The molecular formula is CH4BO3S. The van der Waals surface area contributed by atoms with Crippen molar-refractivity contribution in [2.75, 3.05) is 7.11 Å². The monoisotopic (exact) mass is 107 g/mol. The van der Waals surface area contributed by atoms with E-state index >= 15 is 0 Å². The normalized spacial score (nSPS) is 12.3. The van der Waals surface area contributed by atoms with Crippen LogP contribution in [0.2, 0.25) is 0 Å². The van der Waals surface area contributed by atoms with Crippen LogP contribution in [0, 0.1) is 0 Å². The summed E-state index contributed by atoms with van der Waals surface area (Å²) in [4.78, 5) is 0. The minimum Gasteiger partial charge on any atom is -0.284 e. The zero-order valence-corrected chi connectivity index (χ0v) is 4.07. The van der Waals surface area contributed by atoms with Crippen LogP contribution in [0.15, 0.2) is 0 Å². The minimum absolute atomic E-state index is 0. The van der Waals surface area contributed by atoms with E-state index in [4.69, 9.17) is 4.55 Å². The van der Waals surface area contributed by atoms with Crippen molar-refractivity contribution in [2.24, 2.45) is 0 Å². The Morgan fingerprint density at radius 1 is 1.83 bits per heavy atom. The molecule has 1 atom stereocenters. The van der Waals surface area contributed by atoms with Crippen molar-refractivity contribution in [3.8, 4) is 0 Å². The summed E-state index contributed by atoms with van der Waals surface area (Å²) in [6, 6.07) is 0. The van der Waals surface area contributed by atoms with E-state index in [1.807, 2.05) is 0 Å². The van der Waals surface area contributed by atoms with Crippen LogP contribution in [0.1, 0.15) is 0 Å². The fraction of sp³-hybridized carbons (Fsp3) is 1.00. The summed E-state index contributed by atoms with van der Waals surface area (Å²) in [6.45, 7) is 0. The molecule has 3 radical (unpaired) electrons. The molecule has 0 aliphatic carbocycles. The molecule has 5 heteroatoms. The van der Waals surface area contributed by atoms with Gasteiger partial charge in [-0.15, -0.1) is 0 Å². The van der Waals surface area contributed by atoms with E-state index in [0.29, 0.717) is 0 Å². The Bertz CT molecular complexity index is 46.1. The fourth-order valence-corrected chi connectivity index (χ4v) is 0. The molecule has 3 nitrogen and oxygen atoms in total. The molecule has 0 fully saturated rings. The van der Waals surface area contributed by atoms with Crippen molar-refractivity contribution >= 4 is 19.8 Å². The summed E-state index contributed by atoms with van der Waals surface area (Å²) < 4.78 is 20.6. The van der Waals surface area contributed by atoms with E-state index in [1.165, 1.54) is 0 Å². The maximum absolute atomic E-state index is 9.26. The smallest absolute Gasteiger partial charge is 0.284 e. The predicted octanol–water partition coefficient (Wildman–Crippen LogP) is -0.611. The molecule has 0 amide bonds. The van der Waals surface area contributed by atoms with Gasteiger partial charge < -0.3 is 0 Å². The fourth-order valence-electron chi connectivity index (χ4n) is 0. The standard InChI is InChI=1S/CH4O3S.B/c1-4-5(2)3;/h1H3,(H,2,3);. The lowest BCUT2D eigenvalue weighted by Gasteiger charge is -1.76. The van der Waals surface area contributed by atoms with Gasteiger partial charge in [0.15, 0.2) is 0 Å². The van der Waals surface area contributed by atoms with Gasteiger partial charge >= 0.3 is 11.4 Å². The average Bonchev–Trinajstić information content (AvgIpc) is 1.38. The zero-order chi connectivity index (χ0) is 4.28. The SMILES string of the molecule is COS(=O)O.[B]. The van der Waals surface area contributed by atoms with Crippen LogP contribution in [-0.2, 0) is 15.5 Å². The van der Waals surface area contributed by atoms with Gasteiger partial charge in [-0.05, 0) is 0 Å². The molecule has 0 bridgehead atoms. The first-order valence-electron chi connectivity index (χ1n) is 0.924. The lowest BCUT2D eigenvalue weighted by atomic mass is 10.8. The Hall–Kier alpha value is 0.135. The number of hydrogen-bond donors (Lipinski definition) is 1. The summed E-state index contributed by atoms with van der Waals surface area (Å²) >= 11 is -2.07. The number of hydrogen-bond acceptors (Lipinski definition) is 2. The van der Waals surface area contributed by atoms with Crippen LogP contribution in [0.25, 0.3) is 0 Å². The summed E-state index contributed by atoms with van der Waals surface area (Å²) in [7, 11) is 1.15. The molecule has 0 aromatic rings. The van der Waals surface area contributed by atoms with E-state index in [-0.39, 0.29) is 8.41 Å². The molecular weight excluding hydrogens is 103 g/mol. The first kappa shape index (κ1) is 9.46. The van der Waals surface area contributed by atoms with E-state index in [1.54, 1.807) is 0 Å². The molecule has 1 N–H and O–H groups in total. The van der Waals surface area contributed by atoms with Gasteiger partial charge in [0.25, 0.3) is 0 Å². The Morgan fingerprint density at radius 2 is 2.00 bits per heavy atom. The maximum atomic E-state index is 9.26. The van der Waals surface area contributed by atoms with E-state index in [0.717, 1.165) is 7.11 Å². The summed E-state index contributed by atoms with van der Waals surface area (Å²) in [5, 5.41) is 0. The quantitative estimate of drug-likeness (QED) is 0.359. The third kappa shape index (κ3) is 8.92. The van der Waals surface area contributed by atoms with Gasteiger partial charge in [-0.25, -0.2) is 0 Å². The largest absolute Gasteiger partial charge is 0.301 e. The molecule has 0 saturated heterocycles. The Balaban J connectivity index is 0. The van der Waals surface area contributed by atoms with E-state index < -0.39 is 11.4 Å². The van der Waals surface area contributed by atoms with Crippen LogP contribution in [0.4, 0.5) is 0 Å². The topological polar surface area (TPSA) is 46.5 Å². The van der Waals surface area contributed by atoms with Gasteiger partial charge in [0.2, 0.25) is 0 Å².